The highest BCUT2D eigenvalue weighted by Crippen LogP contribution is 2.36. The molecule has 0 saturated heterocycles. The Balaban J connectivity index is 2.35. The van der Waals surface area contributed by atoms with Crippen molar-refractivity contribution in [2.24, 2.45) is 0 Å². The molecule has 0 aromatic heterocycles. The molecule has 19 heavy (non-hydrogen) atoms. The number of anilines is 2. The smallest absolute Gasteiger partial charge is 0.355 e. The van der Waals surface area contributed by atoms with Crippen LogP contribution in [0.15, 0.2) is 42.5 Å². The molecule has 2 aromatic carbocycles. The van der Waals surface area contributed by atoms with Crippen molar-refractivity contribution in [1.29, 1.82) is 0 Å². The Bertz CT molecular complexity index is 593. The van der Waals surface area contributed by atoms with Crippen LogP contribution in [0, 0.1) is 6.92 Å². The fraction of sp³-hybridized carbons (Fsp3) is 0.143. The number of nitrogens with one attached hydrogen (secondary N) is 1. The van der Waals surface area contributed by atoms with Gasteiger partial charge in [-0.3, -0.25) is 0 Å². The Morgan fingerprint density at radius 2 is 1.74 bits per heavy atom. The highest BCUT2D eigenvalue weighted by atomic mass is 35.5. The number of hydrogen-bond acceptors (Lipinski definition) is 1. The summed E-state index contributed by atoms with van der Waals surface area (Å²) in [4.78, 5) is 0. The summed E-state index contributed by atoms with van der Waals surface area (Å²) < 4.78 is 38.2. The summed E-state index contributed by atoms with van der Waals surface area (Å²) in [7, 11) is 0. The maximum atomic E-state index is 12.7. The minimum atomic E-state index is -4.46. The van der Waals surface area contributed by atoms with Crippen molar-refractivity contribution in [3.63, 3.8) is 0 Å². The lowest BCUT2D eigenvalue weighted by Gasteiger charge is -2.13. The quantitative estimate of drug-likeness (QED) is 0.778. The van der Waals surface area contributed by atoms with Crippen molar-refractivity contribution in [3.05, 3.63) is 58.6 Å². The maximum Gasteiger partial charge on any atom is 0.417 e. The van der Waals surface area contributed by atoms with Crippen LogP contribution in [-0.4, -0.2) is 0 Å². The lowest BCUT2D eigenvalue weighted by atomic mass is 10.1. The zero-order valence-corrected chi connectivity index (χ0v) is 10.8. The van der Waals surface area contributed by atoms with Crippen LogP contribution in [0.5, 0.6) is 0 Å². The summed E-state index contributed by atoms with van der Waals surface area (Å²) in [6, 6.07) is 11.1. The van der Waals surface area contributed by atoms with Gasteiger partial charge in [-0.05, 0) is 36.8 Å². The Kier molecular flexibility index (Phi) is 3.71. The Labute approximate surface area is 114 Å². The topological polar surface area (TPSA) is 12.0 Å². The Hall–Kier alpha value is -1.68. The fourth-order valence-corrected chi connectivity index (χ4v) is 1.91. The standard InChI is InChI=1S/C14H11ClF3N/c1-9-4-2-3-5-13(9)19-10-6-7-12(15)11(8-10)14(16,17)18/h2-8,19H,1H3. The molecule has 0 heterocycles. The molecule has 100 valence electrons. The van der Waals surface area contributed by atoms with E-state index in [1.807, 2.05) is 25.1 Å². The van der Waals surface area contributed by atoms with E-state index in [9.17, 15) is 13.2 Å². The molecular weight excluding hydrogens is 275 g/mol. The van der Waals surface area contributed by atoms with Crippen LogP contribution >= 0.6 is 11.6 Å². The molecular formula is C14H11ClF3N. The monoisotopic (exact) mass is 285 g/mol. The van der Waals surface area contributed by atoms with Crippen LogP contribution < -0.4 is 5.32 Å². The fourth-order valence-electron chi connectivity index (χ4n) is 1.69. The van der Waals surface area contributed by atoms with Gasteiger partial charge in [0.1, 0.15) is 0 Å². The van der Waals surface area contributed by atoms with Crippen molar-refractivity contribution in [3.8, 4) is 0 Å². The third-order valence-corrected chi connectivity index (χ3v) is 3.03. The van der Waals surface area contributed by atoms with Crippen molar-refractivity contribution in [2.45, 2.75) is 13.1 Å². The molecule has 0 spiro atoms. The van der Waals surface area contributed by atoms with Crippen LogP contribution in [0.3, 0.4) is 0 Å². The van der Waals surface area contributed by atoms with Gasteiger partial charge in [0, 0.05) is 11.4 Å². The van der Waals surface area contributed by atoms with Gasteiger partial charge < -0.3 is 5.32 Å². The molecule has 0 aliphatic heterocycles. The lowest BCUT2D eigenvalue weighted by molar-refractivity contribution is -0.137. The van der Waals surface area contributed by atoms with E-state index in [2.05, 4.69) is 5.32 Å². The molecule has 0 aliphatic carbocycles. The highest BCUT2D eigenvalue weighted by molar-refractivity contribution is 6.31. The van der Waals surface area contributed by atoms with Gasteiger partial charge in [0.2, 0.25) is 0 Å². The van der Waals surface area contributed by atoms with E-state index in [1.54, 1.807) is 6.07 Å². The number of rotatable bonds is 2. The summed E-state index contributed by atoms with van der Waals surface area (Å²) in [5.74, 6) is 0. The summed E-state index contributed by atoms with van der Waals surface area (Å²) in [6.45, 7) is 1.88. The zero-order chi connectivity index (χ0) is 14.0. The molecule has 0 fully saturated rings. The molecule has 0 radical (unpaired) electrons. The third kappa shape index (κ3) is 3.20. The molecule has 0 atom stereocenters. The zero-order valence-electron chi connectivity index (χ0n) is 10.1. The summed E-state index contributed by atoms with van der Waals surface area (Å²) in [6.07, 6.45) is -4.46. The molecule has 0 unspecified atom stereocenters. The predicted molar refractivity (Wildman–Crippen MR) is 70.9 cm³/mol. The second kappa shape index (κ2) is 5.13. The summed E-state index contributed by atoms with van der Waals surface area (Å²) in [5, 5.41) is 2.65. The van der Waals surface area contributed by atoms with Gasteiger partial charge in [0.05, 0.1) is 10.6 Å². The summed E-state index contributed by atoms with van der Waals surface area (Å²) >= 11 is 5.57. The van der Waals surface area contributed by atoms with Crippen molar-refractivity contribution >= 4 is 23.0 Å². The number of para-hydroxylation sites is 1. The maximum absolute atomic E-state index is 12.7. The first-order valence-corrected chi connectivity index (χ1v) is 5.95. The molecule has 0 bridgehead atoms. The van der Waals surface area contributed by atoms with Gasteiger partial charge in [-0.15, -0.1) is 0 Å². The average molecular weight is 286 g/mol. The van der Waals surface area contributed by atoms with Gasteiger partial charge in [-0.1, -0.05) is 29.8 Å². The third-order valence-electron chi connectivity index (χ3n) is 2.70. The van der Waals surface area contributed by atoms with Crippen molar-refractivity contribution in [1.82, 2.24) is 0 Å². The normalized spacial score (nSPS) is 11.4. The number of halogens is 4. The van der Waals surface area contributed by atoms with Crippen LogP contribution in [-0.2, 0) is 6.18 Å². The van der Waals surface area contributed by atoms with Crippen LogP contribution in [0.1, 0.15) is 11.1 Å². The van der Waals surface area contributed by atoms with E-state index >= 15 is 0 Å². The molecule has 5 heteroatoms. The number of aryl methyl sites for hydroxylation is 1. The average Bonchev–Trinajstić information content (AvgIpc) is 2.33. The molecule has 2 aromatic rings. The number of alkyl halides is 3. The first-order chi connectivity index (χ1) is 8.88. The first-order valence-electron chi connectivity index (χ1n) is 5.57. The van der Waals surface area contributed by atoms with Crippen LogP contribution in [0.2, 0.25) is 5.02 Å². The number of hydrogen-bond donors (Lipinski definition) is 1. The largest absolute Gasteiger partial charge is 0.417 e. The van der Waals surface area contributed by atoms with Gasteiger partial charge >= 0.3 is 6.18 Å². The minimum Gasteiger partial charge on any atom is -0.355 e. The van der Waals surface area contributed by atoms with E-state index in [4.69, 9.17) is 11.6 Å². The molecule has 0 saturated carbocycles. The van der Waals surface area contributed by atoms with E-state index in [1.165, 1.54) is 12.1 Å². The Morgan fingerprint density at radius 1 is 1.05 bits per heavy atom. The van der Waals surface area contributed by atoms with Crippen molar-refractivity contribution in [2.75, 3.05) is 5.32 Å². The predicted octanol–water partition coefficient (Wildman–Crippen LogP) is 5.41. The first kappa shape index (κ1) is 13.7. The van der Waals surface area contributed by atoms with E-state index < -0.39 is 11.7 Å². The van der Waals surface area contributed by atoms with Gasteiger partial charge in [-0.2, -0.15) is 13.2 Å². The minimum absolute atomic E-state index is 0.303. The van der Waals surface area contributed by atoms with Crippen molar-refractivity contribution < 1.29 is 13.2 Å². The van der Waals surface area contributed by atoms with Gasteiger partial charge in [-0.25, -0.2) is 0 Å². The second-order valence-electron chi connectivity index (χ2n) is 4.13. The number of benzene rings is 2. The van der Waals surface area contributed by atoms with Crippen LogP contribution in [0.4, 0.5) is 24.5 Å². The van der Waals surface area contributed by atoms with E-state index in [0.29, 0.717) is 5.69 Å². The highest BCUT2D eigenvalue weighted by Gasteiger charge is 2.33. The lowest BCUT2D eigenvalue weighted by Crippen LogP contribution is -2.06. The van der Waals surface area contributed by atoms with Gasteiger partial charge in [0.15, 0.2) is 0 Å². The van der Waals surface area contributed by atoms with E-state index in [-0.39, 0.29) is 5.02 Å². The second-order valence-corrected chi connectivity index (χ2v) is 4.54. The molecule has 0 amide bonds. The van der Waals surface area contributed by atoms with Crippen LogP contribution in [0.25, 0.3) is 0 Å². The molecule has 2 rings (SSSR count). The summed E-state index contributed by atoms with van der Waals surface area (Å²) in [5.41, 5.74) is 1.22. The van der Waals surface area contributed by atoms with Gasteiger partial charge in [0.25, 0.3) is 0 Å². The van der Waals surface area contributed by atoms with E-state index in [0.717, 1.165) is 17.3 Å². The molecule has 1 N–H and O–H groups in total. The SMILES string of the molecule is Cc1ccccc1Nc1ccc(Cl)c(C(F)(F)F)c1. The molecule has 1 nitrogen and oxygen atoms in total. The molecule has 0 aliphatic rings. The Morgan fingerprint density at radius 3 is 2.37 bits per heavy atom.